The number of nitrogens with zero attached hydrogens (tertiary/aromatic N) is 1. The van der Waals surface area contributed by atoms with Crippen LogP contribution >= 0.6 is 11.8 Å². The van der Waals surface area contributed by atoms with Crippen LogP contribution in [0.1, 0.15) is 5.82 Å². The van der Waals surface area contributed by atoms with E-state index in [0.717, 1.165) is 17.3 Å². The smallest absolute Gasteiger partial charge is 0.345 e. The van der Waals surface area contributed by atoms with Gasteiger partial charge in [0.2, 0.25) is 0 Å². The molecule has 1 aromatic heterocycles. The van der Waals surface area contributed by atoms with E-state index in [2.05, 4.69) is 9.97 Å². The Morgan fingerprint density at radius 2 is 1.96 bits per heavy atom. The van der Waals surface area contributed by atoms with E-state index in [9.17, 15) is 14.3 Å². The monoisotopic (exact) mass is 358 g/mol. The predicted molar refractivity (Wildman–Crippen MR) is 94.8 cm³/mol. The van der Waals surface area contributed by atoms with E-state index in [1.54, 1.807) is 24.3 Å². The molecule has 0 aliphatic carbocycles. The van der Waals surface area contributed by atoms with E-state index in [1.807, 2.05) is 18.2 Å². The molecular formula is C18H15FN2O3S. The summed E-state index contributed by atoms with van der Waals surface area (Å²) in [5, 5.41) is 10.4. The Morgan fingerprint density at radius 1 is 1.24 bits per heavy atom. The SMILES string of the molecule is COC(=O)/C(=C(\O)CSc1ccccc1F)c1nc2ccccc2[nH]1. The Hall–Kier alpha value is -2.80. The van der Waals surface area contributed by atoms with Crippen LogP contribution in [-0.4, -0.2) is 33.9 Å². The van der Waals surface area contributed by atoms with Gasteiger partial charge in [0, 0.05) is 4.90 Å². The topological polar surface area (TPSA) is 75.2 Å². The molecule has 0 radical (unpaired) electrons. The van der Waals surface area contributed by atoms with Crippen molar-refractivity contribution in [3.63, 3.8) is 0 Å². The Kier molecular flexibility index (Phi) is 5.04. The molecule has 0 saturated heterocycles. The maximum atomic E-state index is 13.7. The summed E-state index contributed by atoms with van der Waals surface area (Å²) in [6.07, 6.45) is 0. The molecule has 128 valence electrons. The average Bonchev–Trinajstić information content (AvgIpc) is 3.04. The van der Waals surface area contributed by atoms with E-state index >= 15 is 0 Å². The number of aromatic nitrogens is 2. The number of carbonyl (C=O) groups excluding carboxylic acids is 1. The van der Waals surface area contributed by atoms with Crippen molar-refractivity contribution in [3.05, 3.63) is 65.9 Å². The number of methoxy groups -OCH3 is 1. The molecule has 2 N–H and O–H groups in total. The lowest BCUT2D eigenvalue weighted by molar-refractivity contribution is -0.133. The van der Waals surface area contributed by atoms with Crippen molar-refractivity contribution in [2.24, 2.45) is 0 Å². The minimum absolute atomic E-state index is 0.00239. The van der Waals surface area contributed by atoms with E-state index in [-0.39, 0.29) is 28.7 Å². The van der Waals surface area contributed by atoms with Crippen LogP contribution < -0.4 is 0 Å². The molecule has 0 aliphatic rings. The highest BCUT2D eigenvalue weighted by Gasteiger charge is 2.22. The standard InChI is InChI=1S/C18H15FN2O3S/c1-24-18(23)16(17-20-12-7-3-4-8-13(12)21-17)14(22)10-25-15-9-5-2-6-11(15)19/h2-9,22H,10H2,1H3,(H,20,21)/b16-14-. The van der Waals surface area contributed by atoms with Crippen LogP contribution in [-0.2, 0) is 9.53 Å². The molecule has 0 amide bonds. The number of carbonyl (C=O) groups is 1. The lowest BCUT2D eigenvalue weighted by atomic mass is 10.2. The summed E-state index contributed by atoms with van der Waals surface area (Å²) in [6, 6.07) is 13.5. The number of H-pyrrole nitrogens is 1. The van der Waals surface area contributed by atoms with Gasteiger partial charge < -0.3 is 14.8 Å². The molecule has 2 aromatic carbocycles. The number of hydrogen-bond donors (Lipinski definition) is 2. The van der Waals surface area contributed by atoms with Crippen LogP contribution in [0.15, 0.2) is 59.2 Å². The van der Waals surface area contributed by atoms with Crippen molar-refractivity contribution >= 4 is 34.3 Å². The van der Waals surface area contributed by atoms with Gasteiger partial charge in [-0.05, 0) is 24.3 Å². The maximum absolute atomic E-state index is 13.7. The molecule has 0 atom stereocenters. The van der Waals surface area contributed by atoms with Gasteiger partial charge in [-0.25, -0.2) is 14.2 Å². The highest BCUT2D eigenvalue weighted by molar-refractivity contribution is 7.99. The number of aromatic amines is 1. The van der Waals surface area contributed by atoms with Crippen LogP contribution in [0.2, 0.25) is 0 Å². The van der Waals surface area contributed by atoms with Gasteiger partial charge in [-0.15, -0.1) is 11.8 Å². The molecule has 0 saturated carbocycles. The second-order valence-corrected chi connectivity index (χ2v) is 6.15. The molecule has 1 heterocycles. The fraction of sp³-hybridized carbons (Fsp3) is 0.111. The second-order valence-electron chi connectivity index (χ2n) is 5.13. The van der Waals surface area contributed by atoms with Gasteiger partial charge in [0.25, 0.3) is 0 Å². The third kappa shape index (κ3) is 3.66. The molecule has 0 unspecified atom stereocenters. The van der Waals surface area contributed by atoms with Crippen molar-refractivity contribution in [1.82, 2.24) is 9.97 Å². The lowest BCUT2D eigenvalue weighted by Gasteiger charge is -2.07. The first-order valence-corrected chi connectivity index (χ1v) is 8.41. The summed E-state index contributed by atoms with van der Waals surface area (Å²) >= 11 is 1.08. The van der Waals surface area contributed by atoms with Crippen molar-refractivity contribution in [2.45, 2.75) is 4.90 Å². The van der Waals surface area contributed by atoms with Crippen LogP contribution in [0, 0.1) is 5.82 Å². The molecule has 3 aromatic rings. The van der Waals surface area contributed by atoms with Crippen molar-refractivity contribution < 1.29 is 19.0 Å². The minimum atomic E-state index is -0.717. The number of benzene rings is 2. The van der Waals surface area contributed by atoms with Crippen LogP contribution in [0.25, 0.3) is 16.6 Å². The summed E-state index contributed by atoms with van der Waals surface area (Å²) in [5.41, 5.74) is 1.32. The fourth-order valence-electron chi connectivity index (χ4n) is 2.30. The Labute approximate surface area is 147 Å². The highest BCUT2D eigenvalue weighted by atomic mass is 32.2. The van der Waals surface area contributed by atoms with Gasteiger partial charge in [-0.2, -0.15) is 0 Å². The predicted octanol–water partition coefficient (Wildman–Crippen LogP) is 3.94. The van der Waals surface area contributed by atoms with Crippen LogP contribution in [0.5, 0.6) is 0 Å². The number of aliphatic hydroxyl groups is 1. The van der Waals surface area contributed by atoms with Gasteiger partial charge in [-0.1, -0.05) is 24.3 Å². The third-order valence-corrected chi connectivity index (χ3v) is 4.57. The van der Waals surface area contributed by atoms with Gasteiger partial charge in [0.15, 0.2) is 0 Å². The van der Waals surface area contributed by atoms with Crippen molar-refractivity contribution in [2.75, 3.05) is 12.9 Å². The zero-order valence-corrected chi connectivity index (χ0v) is 14.1. The molecule has 0 aliphatic heterocycles. The Balaban J connectivity index is 1.94. The van der Waals surface area contributed by atoms with Crippen molar-refractivity contribution in [3.8, 4) is 0 Å². The van der Waals surface area contributed by atoms with E-state index in [1.165, 1.54) is 13.2 Å². The van der Waals surface area contributed by atoms with Gasteiger partial charge in [-0.3, -0.25) is 0 Å². The zero-order valence-electron chi connectivity index (χ0n) is 13.3. The largest absolute Gasteiger partial charge is 0.510 e. The number of imidazole rings is 1. The van der Waals surface area contributed by atoms with Gasteiger partial charge in [0.1, 0.15) is 23.0 Å². The molecule has 3 rings (SSSR count). The number of thioether (sulfide) groups is 1. The molecule has 0 bridgehead atoms. The summed E-state index contributed by atoms with van der Waals surface area (Å²) in [4.78, 5) is 19.8. The summed E-state index contributed by atoms with van der Waals surface area (Å²) in [7, 11) is 1.22. The molecule has 0 fully saturated rings. The quantitative estimate of drug-likeness (QED) is 0.313. The number of halogens is 1. The maximum Gasteiger partial charge on any atom is 0.345 e. The number of para-hydroxylation sites is 2. The van der Waals surface area contributed by atoms with Gasteiger partial charge in [0.05, 0.1) is 23.9 Å². The number of ether oxygens (including phenoxy) is 1. The average molecular weight is 358 g/mol. The van der Waals surface area contributed by atoms with Gasteiger partial charge >= 0.3 is 5.97 Å². The molecule has 5 nitrogen and oxygen atoms in total. The minimum Gasteiger partial charge on any atom is -0.510 e. The Bertz CT molecular complexity index is 919. The zero-order chi connectivity index (χ0) is 17.8. The Morgan fingerprint density at radius 3 is 2.68 bits per heavy atom. The molecule has 25 heavy (non-hydrogen) atoms. The second kappa shape index (κ2) is 7.40. The first-order chi connectivity index (χ1) is 12.1. The fourth-order valence-corrected chi connectivity index (χ4v) is 3.12. The summed E-state index contributed by atoms with van der Waals surface area (Å²) in [6.45, 7) is 0. The number of rotatable bonds is 5. The number of aliphatic hydroxyl groups excluding tert-OH is 1. The molecule has 7 heteroatoms. The highest BCUT2D eigenvalue weighted by Crippen LogP contribution is 2.27. The van der Waals surface area contributed by atoms with Crippen LogP contribution in [0.4, 0.5) is 4.39 Å². The number of esters is 1. The first kappa shape index (κ1) is 17.0. The van der Waals surface area contributed by atoms with E-state index in [0.29, 0.717) is 10.4 Å². The van der Waals surface area contributed by atoms with Crippen molar-refractivity contribution in [1.29, 1.82) is 0 Å². The van der Waals surface area contributed by atoms with E-state index in [4.69, 9.17) is 4.74 Å². The molecule has 0 spiro atoms. The normalized spacial score (nSPS) is 12.1. The lowest BCUT2D eigenvalue weighted by Crippen LogP contribution is -2.09. The summed E-state index contributed by atoms with van der Waals surface area (Å²) in [5.74, 6) is -1.13. The number of nitrogens with one attached hydrogen (secondary N) is 1. The number of fused-ring (bicyclic) bond motifs is 1. The number of hydrogen-bond acceptors (Lipinski definition) is 5. The van der Waals surface area contributed by atoms with E-state index < -0.39 is 5.97 Å². The first-order valence-electron chi connectivity index (χ1n) is 7.43. The third-order valence-electron chi connectivity index (χ3n) is 3.51. The molecular weight excluding hydrogens is 343 g/mol. The summed E-state index contributed by atoms with van der Waals surface area (Å²) < 4.78 is 18.5. The van der Waals surface area contributed by atoms with Crippen LogP contribution in [0.3, 0.4) is 0 Å².